The smallest absolute Gasteiger partial charge is 0.264 e. The van der Waals surface area contributed by atoms with E-state index in [4.69, 9.17) is 27.9 Å². The number of nitrogens with zero attached hydrogens (tertiary/aromatic N) is 1. The first kappa shape index (κ1) is 20.5. The van der Waals surface area contributed by atoms with E-state index in [0.717, 1.165) is 16.8 Å². The van der Waals surface area contributed by atoms with Gasteiger partial charge in [-0.1, -0.05) is 53.5 Å². The molecule has 1 fully saturated rings. The van der Waals surface area contributed by atoms with Crippen LogP contribution in [0.15, 0.2) is 82.7 Å². The molecule has 0 saturated carbocycles. The van der Waals surface area contributed by atoms with Gasteiger partial charge in [0, 0.05) is 15.6 Å². The lowest BCUT2D eigenvalue weighted by Crippen LogP contribution is -2.19. The molecule has 0 unspecified atom stereocenters. The zero-order valence-electron chi connectivity index (χ0n) is 15.6. The van der Waals surface area contributed by atoms with E-state index >= 15 is 0 Å². The minimum atomic E-state index is -0.194. The van der Waals surface area contributed by atoms with E-state index in [2.05, 4.69) is 10.3 Å². The average Bonchev–Trinajstić information content (AvgIpc) is 3.09. The lowest BCUT2D eigenvalue weighted by Gasteiger charge is -2.09. The maximum absolute atomic E-state index is 12.4. The van der Waals surface area contributed by atoms with Crippen molar-refractivity contribution in [3.8, 4) is 5.75 Å². The summed E-state index contributed by atoms with van der Waals surface area (Å²) in [5.41, 5.74) is 2.54. The van der Waals surface area contributed by atoms with Crippen LogP contribution in [0, 0.1) is 0 Å². The van der Waals surface area contributed by atoms with E-state index in [9.17, 15) is 4.79 Å². The Balaban J connectivity index is 1.51. The van der Waals surface area contributed by atoms with Crippen molar-refractivity contribution in [3.63, 3.8) is 0 Å². The Kier molecular flexibility index (Phi) is 6.43. The van der Waals surface area contributed by atoms with Crippen LogP contribution in [-0.4, -0.2) is 11.1 Å². The maximum atomic E-state index is 12.4. The predicted molar refractivity (Wildman–Crippen MR) is 124 cm³/mol. The number of carbonyl (C=O) groups is 1. The lowest BCUT2D eigenvalue weighted by atomic mass is 10.2. The van der Waals surface area contributed by atoms with Gasteiger partial charge in [0.1, 0.15) is 12.4 Å². The second-order valence-corrected chi connectivity index (χ2v) is 8.31. The fourth-order valence-electron chi connectivity index (χ4n) is 2.73. The topological polar surface area (TPSA) is 50.7 Å². The van der Waals surface area contributed by atoms with Gasteiger partial charge in [0.25, 0.3) is 5.91 Å². The van der Waals surface area contributed by atoms with E-state index < -0.39 is 0 Å². The molecule has 4 nitrogen and oxygen atoms in total. The molecule has 0 spiro atoms. The zero-order chi connectivity index (χ0) is 20.9. The Hall–Kier alpha value is -2.73. The minimum Gasteiger partial charge on any atom is -0.488 e. The molecule has 7 heteroatoms. The highest BCUT2D eigenvalue weighted by Crippen LogP contribution is 2.31. The average molecular weight is 455 g/mol. The van der Waals surface area contributed by atoms with E-state index in [1.54, 1.807) is 24.3 Å². The summed E-state index contributed by atoms with van der Waals surface area (Å²) in [6.07, 6.45) is 1.81. The normalized spacial score (nSPS) is 16.1. The molecule has 0 radical (unpaired) electrons. The molecule has 0 aliphatic carbocycles. The van der Waals surface area contributed by atoms with Gasteiger partial charge in [0.2, 0.25) is 0 Å². The quantitative estimate of drug-likeness (QED) is 0.449. The fraction of sp³-hybridized carbons (Fsp3) is 0.0435. The molecule has 1 heterocycles. The van der Waals surface area contributed by atoms with Gasteiger partial charge in [0.05, 0.1) is 10.6 Å². The van der Waals surface area contributed by atoms with Gasteiger partial charge in [-0.25, -0.2) is 4.99 Å². The van der Waals surface area contributed by atoms with Crippen molar-refractivity contribution < 1.29 is 9.53 Å². The maximum Gasteiger partial charge on any atom is 0.264 e. The Bertz CT molecular complexity index is 1130. The van der Waals surface area contributed by atoms with E-state index in [-0.39, 0.29) is 5.91 Å². The summed E-state index contributed by atoms with van der Waals surface area (Å²) in [7, 11) is 0. The van der Waals surface area contributed by atoms with Crippen LogP contribution in [0.5, 0.6) is 5.75 Å². The number of halogens is 2. The highest BCUT2D eigenvalue weighted by Gasteiger charge is 2.24. The van der Waals surface area contributed by atoms with Crippen LogP contribution in [0.1, 0.15) is 11.1 Å². The van der Waals surface area contributed by atoms with Crippen molar-refractivity contribution in [3.05, 3.63) is 98.9 Å². The lowest BCUT2D eigenvalue weighted by molar-refractivity contribution is -0.115. The van der Waals surface area contributed by atoms with Crippen LogP contribution in [0.2, 0.25) is 10.0 Å². The monoisotopic (exact) mass is 454 g/mol. The van der Waals surface area contributed by atoms with Gasteiger partial charge in [-0.05, 0) is 65.9 Å². The number of carbonyl (C=O) groups excluding carboxylic acids is 1. The number of rotatable bonds is 5. The first-order chi connectivity index (χ1) is 14.6. The molecule has 30 heavy (non-hydrogen) atoms. The van der Waals surface area contributed by atoms with Gasteiger partial charge < -0.3 is 10.1 Å². The fourth-order valence-corrected chi connectivity index (χ4v) is 3.81. The summed E-state index contributed by atoms with van der Waals surface area (Å²) in [6, 6.07) is 22.2. The summed E-state index contributed by atoms with van der Waals surface area (Å²) in [5, 5.41) is 4.63. The summed E-state index contributed by atoms with van der Waals surface area (Å²) >= 11 is 13.1. The summed E-state index contributed by atoms with van der Waals surface area (Å²) < 4.78 is 5.97. The molecule has 1 aliphatic heterocycles. The second kappa shape index (κ2) is 9.39. The molecule has 0 aromatic heterocycles. The highest BCUT2D eigenvalue weighted by molar-refractivity contribution is 8.18. The van der Waals surface area contributed by atoms with Gasteiger partial charge in [-0.15, -0.1) is 0 Å². The Morgan fingerprint density at radius 3 is 2.33 bits per heavy atom. The number of hydrogen-bond donors (Lipinski definition) is 1. The van der Waals surface area contributed by atoms with Crippen molar-refractivity contribution in [2.24, 2.45) is 4.99 Å². The Morgan fingerprint density at radius 1 is 0.933 bits per heavy atom. The molecule has 0 bridgehead atoms. The van der Waals surface area contributed by atoms with Crippen molar-refractivity contribution >= 4 is 57.8 Å². The van der Waals surface area contributed by atoms with E-state index in [1.807, 2.05) is 54.6 Å². The molecule has 1 N–H and O–H groups in total. The second-order valence-electron chi connectivity index (χ2n) is 6.41. The Morgan fingerprint density at radius 2 is 1.60 bits per heavy atom. The molecule has 150 valence electrons. The third-order valence-corrected chi connectivity index (χ3v) is 5.64. The van der Waals surface area contributed by atoms with Crippen LogP contribution >= 0.6 is 35.0 Å². The van der Waals surface area contributed by atoms with Gasteiger partial charge in [0.15, 0.2) is 5.17 Å². The first-order valence-corrected chi connectivity index (χ1v) is 10.7. The number of thioether (sulfide) groups is 1. The number of hydrogen-bond acceptors (Lipinski definition) is 4. The van der Waals surface area contributed by atoms with Crippen LogP contribution in [0.4, 0.5) is 5.69 Å². The standard InChI is InChI=1S/C23H16Cl2N2O2S/c24-17-7-5-15(6-8-17)14-29-20-4-2-1-3-16(20)13-21-22(28)27-23(30-21)26-19-11-9-18(25)10-12-19/h1-13H,14H2,(H,26,27,28)/b21-13-. The third-order valence-electron chi connectivity index (χ3n) is 4.22. The molecular formula is C23H16Cl2N2O2S. The Labute approximate surface area is 188 Å². The number of amides is 1. The number of aliphatic imine (C=N–C) groups is 1. The highest BCUT2D eigenvalue weighted by atomic mass is 35.5. The van der Waals surface area contributed by atoms with Crippen LogP contribution in [-0.2, 0) is 11.4 Å². The molecule has 1 amide bonds. The summed E-state index contributed by atoms with van der Waals surface area (Å²) in [4.78, 5) is 17.4. The van der Waals surface area contributed by atoms with Crippen molar-refractivity contribution in [1.82, 2.24) is 5.32 Å². The summed E-state index contributed by atoms with van der Waals surface area (Å²) in [6.45, 7) is 0.403. The van der Waals surface area contributed by atoms with Crippen molar-refractivity contribution in [1.29, 1.82) is 0 Å². The molecule has 3 aromatic carbocycles. The number of benzene rings is 3. The number of amidine groups is 1. The van der Waals surface area contributed by atoms with Gasteiger partial charge >= 0.3 is 0 Å². The number of nitrogens with one attached hydrogen (secondary N) is 1. The van der Waals surface area contributed by atoms with Crippen LogP contribution in [0.3, 0.4) is 0 Å². The first-order valence-electron chi connectivity index (χ1n) is 9.08. The van der Waals surface area contributed by atoms with Crippen molar-refractivity contribution in [2.45, 2.75) is 6.61 Å². The zero-order valence-corrected chi connectivity index (χ0v) is 18.0. The predicted octanol–water partition coefficient (Wildman–Crippen LogP) is 6.46. The molecule has 3 aromatic rings. The molecule has 1 aliphatic rings. The SMILES string of the molecule is O=C1NC(=Nc2ccc(Cl)cc2)S/C1=C\c1ccccc1OCc1ccc(Cl)cc1. The number of ether oxygens (including phenoxy) is 1. The minimum absolute atomic E-state index is 0.194. The van der Waals surface area contributed by atoms with E-state index in [1.165, 1.54) is 11.8 Å². The molecule has 4 rings (SSSR count). The van der Waals surface area contributed by atoms with Crippen LogP contribution < -0.4 is 10.1 Å². The van der Waals surface area contributed by atoms with Crippen molar-refractivity contribution in [2.75, 3.05) is 0 Å². The number of para-hydroxylation sites is 1. The molecule has 1 saturated heterocycles. The largest absolute Gasteiger partial charge is 0.488 e. The van der Waals surface area contributed by atoms with E-state index in [0.29, 0.717) is 32.5 Å². The molecular weight excluding hydrogens is 439 g/mol. The van der Waals surface area contributed by atoms with Crippen LogP contribution in [0.25, 0.3) is 6.08 Å². The molecule has 0 atom stereocenters. The van der Waals surface area contributed by atoms with Gasteiger partial charge in [-0.3, -0.25) is 4.79 Å². The summed E-state index contributed by atoms with van der Waals surface area (Å²) in [5.74, 6) is 0.497. The third kappa shape index (κ3) is 5.25. The van der Waals surface area contributed by atoms with Gasteiger partial charge in [-0.2, -0.15) is 0 Å².